The number of carbonyl (C=O) groups is 2. The van der Waals surface area contributed by atoms with Gasteiger partial charge in [0.25, 0.3) is 5.91 Å². The van der Waals surface area contributed by atoms with Gasteiger partial charge >= 0.3 is 11.7 Å². The number of halogens is 1. The Kier molecular flexibility index (Phi) is 4.51. The third kappa shape index (κ3) is 3.47. The van der Waals surface area contributed by atoms with Gasteiger partial charge in [0.2, 0.25) is 5.82 Å². The highest BCUT2D eigenvalue weighted by Gasteiger charge is 2.21. The van der Waals surface area contributed by atoms with E-state index in [9.17, 15) is 24.1 Å². The summed E-state index contributed by atoms with van der Waals surface area (Å²) in [7, 11) is 0. The van der Waals surface area contributed by atoms with E-state index in [0.717, 1.165) is 18.2 Å². The van der Waals surface area contributed by atoms with E-state index in [2.05, 4.69) is 5.32 Å². The molecule has 0 spiro atoms. The number of hydrogen-bond donors (Lipinski definition) is 2. The molecule has 19 heavy (non-hydrogen) atoms. The van der Waals surface area contributed by atoms with Crippen molar-refractivity contribution in [2.45, 2.75) is 19.4 Å². The number of rotatable bonds is 5. The standard InChI is InChI=1S/C11H11FN2O5/c1-2-8(11(16)17)13-10(15)6-3-4-7(12)9(5-6)14(18)19/h3-5,8H,2H2,1H3,(H,13,15)(H,16,17)/t8-/m1/s1. The molecule has 2 N–H and O–H groups in total. The molecule has 7 nitrogen and oxygen atoms in total. The normalized spacial score (nSPS) is 11.7. The molecule has 0 saturated carbocycles. The van der Waals surface area contributed by atoms with Crippen LogP contribution in [-0.4, -0.2) is 27.9 Å². The summed E-state index contributed by atoms with van der Waals surface area (Å²) in [6.07, 6.45) is 0.157. The van der Waals surface area contributed by atoms with E-state index in [-0.39, 0.29) is 12.0 Å². The highest BCUT2D eigenvalue weighted by Crippen LogP contribution is 2.18. The average Bonchev–Trinajstić information content (AvgIpc) is 2.35. The van der Waals surface area contributed by atoms with Crippen molar-refractivity contribution in [2.24, 2.45) is 0 Å². The monoisotopic (exact) mass is 270 g/mol. The predicted molar refractivity (Wildman–Crippen MR) is 62.2 cm³/mol. The Morgan fingerprint density at radius 1 is 1.53 bits per heavy atom. The van der Waals surface area contributed by atoms with Gasteiger partial charge < -0.3 is 10.4 Å². The van der Waals surface area contributed by atoms with E-state index in [0.29, 0.717) is 0 Å². The number of hydrogen-bond acceptors (Lipinski definition) is 4. The summed E-state index contributed by atoms with van der Waals surface area (Å²) in [6.45, 7) is 1.56. The van der Waals surface area contributed by atoms with Gasteiger partial charge in [-0.25, -0.2) is 4.79 Å². The quantitative estimate of drug-likeness (QED) is 0.619. The molecule has 8 heteroatoms. The topological polar surface area (TPSA) is 110 Å². The van der Waals surface area contributed by atoms with Crippen LogP contribution >= 0.6 is 0 Å². The smallest absolute Gasteiger partial charge is 0.326 e. The fraction of sp³-hybridized carbons (Fsp3) is 0.273. The minimum Gasteiger partial charge on any atom is -0.480 e. The summed E-state index contributed by atoms with van der Waals surface area (Å²) in [5, 5.41) is 21.5. The summed E-state index contributed by atoms with van der Waals surface area (Å²) >= 11 is 0. The molecule has 0 unspecified atom stereocenters. The van der Waals surface area contributed by atoms with Crippen molar-refractivity contribution in [3.8, 4) is 0 Å². The number of aliphatic carboxylic acids is 1. The zero-order valence-corrected chi connectivity index (χ0v) is 9.92. The van der Waals surface area contributed by atoms with Gasteiger partial charge in [-0.15, -0.1) is 0 Å². The number of nitrogens with zero attached hydrogens (tertiary/aromatic N) is 1. The lowest BCUT2D eigenvalue weighted by molar-refractivity contribution is -0.387. The molecule has 0 aliphatic carbocycles. The van der Waals surface area contributed by atoms with Gasteiger partial charge in [-0.3, -0.25) is 14.9 Å². The van der Waals surface area contributed by atoms with E-state index in [1.807, 2.05) is 0 Å². The van der Waals surface area contributed by atoms with E-state index < -0.39 is 34.3 Å². The average molecular weight is 270 g/mol. The zero-order valence-electron chi connectivity index (χ0n) is 9.92. The van der Waals surface area contributed by atoms with Crippen LogP contribution in [0.4, 0.5) is 10.1 Å². The van der Waals surface area contributed by atoms with Gasteiger partial charge in [0.15, 0.2) is 0 Å². The molecule has 102 valence electrons. The van der Waals surface area contributed by atoms with Crippen LogP contribution in [0, 0.1) is 15.9 Å². The maximum atomic E-state index is 13.1. The van der Waals surface area contributed by atoms with Gasteiger partial charge in [-0.1, -0.05) is 6.92 Å². The van der Waals surface area contributed by atoms with Crippen molar-refractivity contribution in [2.75, 3.05) is 0 Å². The van der Waals surface area contributed by atoms with Crippen molar-refractivity contribution in [3.63, 3.8) is 0 Å². The van der Waals surface area contributed by atoms with Gasteiger partial charge in [0, 0.05) is 11.6 Å². The number of carboxylic acids is 1. The first-order valence-corrected chi connectivity index (χ1v) is 5.34. The molecule has 1 aromatic carbocycles. The molecular weight excluding hydrogens is 259 g/mol. The van der Waals surface area contributed by atoms with E-state index in [1.54, 1.807) is 6.92 Å². The molecule has 0 saturated heterocycles. The maximum absolute atomic E-state index is 13.1. The van der Waals surface area contributed by atoms with Gasteiger partial charge in [-0.2, -0.15) is 4.39 Å². The van der Waals surface area contributed by atoms with Crippen molar-refractivity contribution >= 4 is 17.6 Å². The lowest BCUT2D eigenvalue weighted by Gasteiger charge is -2.12. The van der Waals surface area contributed by atoms with E-state index in [1.165, 1.54) is 0 Å². The van der Waals surface area contributed by atoms with Crippen LogP contribution < -0.4 is 5.32 Å². The number of nitro benzene ring substituents is 1. The Morgan fingerprint density at radius 2 is 2.16 bits per heavy atom. The van der Waals surface area contributed by atoms with Crippen molar-refractivity contribution in [1.82, 2.24) is 5.32 Å². The third-order valence-corrected chi connectivity index (χ3v) is 2.42. The molecule has 0 fully saturated rings. The first-order valence-electron chi connectivity index (χ1n) is 5.34. The first-order chi connectivity index (χ1) is 8.86. The summed E-state index contributed by atoms with van der Waals surface area (Å²) in [5.74, 6) is -3.09. The summed E-state index contributed by atoms with van der Waals surface area (Å²) in [5.41, 5.74) is -1.01. The lowest BCUT2D eigenvalue weighted by Crippen LogP contribution is -2.40. The molecule has 1 aromatic rings. The fourth-order valence-corrected chi connectivity index (χ4v) is 1.37. The second-order valence-electron chi connectivity index (χ2n) is 3.70. The van der Waals surface area contributed by atoms with Gasteiger partial charge in [0.05, 0.1) is 4.92 Å². The second-order valence-corrected chi connectivity index (χ2v) is 3.70. The van der Waals surface area contributed by atoms with Crippen LogP contribution in [0.15, 0.2) is 18.2 Å². The molecule has 0 radical (unpaired) electrons. The Morgan fingerprint density at radius 3 is 2.63 bits per heavy atom. The highest BCUT2D eigenvalue weighted by atomic mass is 19.1. The fourth-order valence-electron chi connectivity index (χ4n) is 1.37. The molecule has 0 aliphatic rings. The first kappa shape index (κ1) is 14.6. The Labute approximate surface area is 107 Å². The molecule has 0 aliphatic heterocycles. The van der Waals surface area contributed by atoms with E-state index in [4.69, 9.17) is 5.11 Å². The van der Waals surface area contributed by atoms with E-state index >= 15 is 0 Å². The number of carboxylic acid groups (broad SMARTS) is 1. The summed E-state index contributed by atoms with van der Waals surface area (Å²) < 4.78 is 13.1. The SMILES string of the molecule is CC[C@@H](NC(=O)c1ccc(F)c([N+](=O)[O-])c1)C(=O)O. The van der Waals surface area contributed by atoms with Crippen molar-refractivity contribution in [1.29, 1.82) is 0 Å². The molecular formula is C11H11FN2O5. The number of amides is 1. The number of carbonyl (C=O) groups excluding carboxylic acids is 1. The largest absolute Gasteiger partial charge is 0.480 e. The minimum absolute atomic E-state index is 0.157. The van der Waals surface area contributed by atoms with Crippen LogP contribution in [0.25, 0.3) is 0 Å². The zero-order chi connectivity index (χ0) is 14.6. The molecule has 0 bridgehead atoms. The number of nitrogens with one attached hydrogen (secondary N) is 1. The predicted octanol–water partition coefficient (Wildman–Crippen LogP) is 1.33. The number of benzene rings is 1. The highest BCUT2D eigenvalue weighted by molar-refractivity contribution is 5.97. The number of nitro groups is 1. The van der Waals surface area contributed by atoms with Crippen molar-refractivity contribution in [3.05, 3.63) is 39.7 Å². The van der Waals surface area contributed by atoms with Gasteiger partial charge in [-0.05, 0) is 18.6 Å². The van der Waals surface area contributed by atoms with Crippen LogP contribution in [0.1, 0.15) is 23.7 Å². The Bertz CT molecular complexity index is 532. The third-order valence-electron chi connectivity index (χ3n) is 2.42. The lowest BCUT2D eigenvalue weighted by atomic mass is 10.1. The molecule has 0 heterocycles. The van der Waals surface area contributed by atoms with Crippen LogP contribution in [0.2, 0.25) is 0 Å². The maximum Gasteiger partial charge on any atom is 0.326 e. The minimum atomic E-state index is -1.22. The van der Waals surface area contributed by atoms with Crippen LogP contribution in [-0.2, 0) is 4.79 Å². The summed E-state index contributed by atoms with van der Waals surface area (Å²) in [6, 6.07) is 1.50. The Hall–Kier alpha value is -2.51. The summed E-state index contributed by atoms with van der Waals surface area (Å²) in [4.78, 5) is 32.0. The molecule has 1 atom stereocenters. The van der Waals surface area contributed by atoms with Crippen LogP contribution in [0.5, 0.6) is 0 Å². The Balaban J connectivity index is 2.97. The van der Waals surface area contributed by atoms with Crippen LogP contribution in [0.3, 0.4) is 0 Å². The molecule has 1 rings (SSSR count). The van der Waals surface area contributed by atoms with Gasteiger partial charge in [0.1, 0.15) is 6.04 Å². The van der Waals surface area contributed by atoms with Crippen molar-refractivity contribution < 1.29 is 24.0 Å². The second kappa shape index (κ2) is 5.89. The molecule has 0 aromatic heterocycles. The molecule has 1 amide bonds.